The molecular formula is C21H20ClN3O5. The van der Waals surface area contributed by atoms with Gasteiger partial charge in [-0.25, -0.2) is 0 Å². The van der Waals surface area contributed by atoms with Gasteiger partial charge in [-0.2, -0.15) is 0 Å². The number of likely N-dealkylation sites (N-methyl/N-ethyl adjacent to an activating group) is 1. The predicted molar refractivity (Wildman–Crippen MR) is 111 cm³/mol. The molecule has 0 spiro atoms. The standard InChI is InChI=1S/C21H20ClN3O5/c1-24-19(27)12-6-4-5-7-15(12)25-18(26)8-9-21(24,25)20(28)23-14-10-13(22)16(29-2)11-17(14)30-3/h4-7,10-11H,8-9H2,1-3H3,(H,23,28)/t21-/m0/s1. The summed E-state index contributed by atoms with van der Waals surface area (Å²) in [6, 6.07) is 9.84. The van der Waals surface area contributed by atoms with Gasteiger partial charge in [0.1, 0.15) is 11.5 Å². The minimum absolute atomic E-state index is 0.139. The molecule has 30 heavy (non-hydrogen) atoms. The van der Waals surface area contributed by atoms with Gasteiger partial charge < -0.3 is 19.7 Å². The summed E-state index contributed by atoms with van der Waals surface area (Å²) in [7, 11) is 4.45. The van der Waals surface area contributed by atoms with Gasteiger partial charge in [-0.1, -0.05) is 23.7 Å². The molecule has 2 aromatic carbocycles. The third-order valence-corrected chi connectivity index (χ3v) is 5.92. The SMILES string of the molecule is COc1cc(OC)c(NC(=O)[C@]23CCC(=O)N2c2ccccc2C(=O)N3C)cc1Cl. The number of carbonyl (C=O) groups is 3. The van der Waals surface area contributed by atoms with Gasteiger partial charge >= 0.3 is 0 Å². The van der Waals surface area contributed by atoms with Crippen LogP contribution in [-0.4, -0.2) is 49.6 Å². The molecule has 0 radical (unpaired) electrons. The molecule has 2 aromatic rings. The van der Waals surface area contributed by atoms with Gasteiger partial charge in [0.05, 0.1) is 36.2 Å². The maximum atomic E-state index is 13.6. The van der Waals surface area contributed by atoms with Gasteiger partial charge in [0, 0.05) is 26.0 Å². The Bertz CT molecular complexity index is 1070. The second kappa shape index (κ2) is 7.21. The van der Waals surface area contributed by atoms with E-state index in [9.17, 15) is 14.4 Å². The van der Waals surface area contributed by atoms with E-state index in [1.807, 2.05) is 0 Å². The van der Waals surface area contributed by atoms with Crippen molar-refractivity contribution in [2.75, 3.05) is 31.5 Å². The third kappa shape index (κ3) is 2.71. The first-order valence-electron chi connectivity index (χ1n) is 9.28. The molecule has 1 atom stereocenters. The van der Waals surface area contributed by atoms with Crippen LogP contribution in [-0.2, 0) is 9.59 Å². The highest BCUT2D eigenvalue weighted by Crippen LogP contribution is 2.45. The number of anilines is 2. The molecule has 156 valence electrons. The smallest absolute Gasteiger partial charge is 0.271 e. The van der Waals surface area contributed by atoms with E-state index in [1.165, 1.54) is 37.1 Å². The van der Waals surface area contributed by atoms with Crippen molar-refractivity contribution in [2.24, 2.45) is 0 Å². The van der Waals surface area contributed by atoms with Gasteiger partial charge in [-0.15, -0.1) is 0 Å². The molecule has 2 aliphatic heterocycles. The Morgan fingerprint density at radius 3 is 2.53 bits per heavy atom. The molecule has 1 N–H and O–H groups in total. The van der Waals surface area contributed by atoms with Gasteiger partial charge in [-0.05, 0) is 18.2 Å². The molecule has 0 aliphatic carbocycles. The van der Waals surface area contributed by atoms with Crippen LogP contribution in [0.4, 0.5) is 11.4 Å². The largest absolute Gasteiger partial charge is 0.495 e. The molecule has 0 aromatic heterocycles. The summed E-state index contributed by atoms with van der Waals surface area (Å²) >= 11 is 6.22. The lowest BCUT2D eigenvalue weighted by molar-refractivity contribution is -0.128. The summed E-state index contributed by atoms with van der Waals surface area (Å²) < 4.78 is 10.5. The van der Waals surface area contributed by atoms with Crippen molar-refractivity contribution in [3.63, 3.8) is 0 Å². The number of para-hydroxylation sites is 1. The topological polar surface area (TPSA) is 88.2 Å². The van der Waals surface area contributed by atoms with Crippen molar-refractivity contribution in [1.29, 1.82) is 0 Å². The Kier molecular flexibility index (Phi) is 4.82. The zero-order chi connectivity index (χ0) is 21.6. The minimum Gasteiger partial charge on any atom is -0.495 e. The fraction of sp³-hybridized carbons (Fsp3) is 0.286. The van der Waals surface area contributed by atoms with Gasteiger partial charge in [-0.3, -0.25) is 19.3 Å². The molecular weight excluding hydrogens is 410 g/mol. The molecule has 0 bridgehead atoms. The molecule has 8 nitrogen and oxygen atoms in total. The summed E-state index contributed by atoms with van der Waals surface area (Å²) in [4.78, 5) is 42.2. The zero-order valence-corrected chi connectivity index (χ0v) is 17.4. The number of amides is 3. The van der Waals surface area contributed by atoms with E-state index in [1.54, 1.807) is 30.3 Å². The lowest BCUT2D eigenvalue weighted by Gasteiger charge is -2.47. The number of hydrogen-bond donors (Lipinski definition) is 1. The Hall–Kier alpha value is -3.26. The fourth-order valence-corrected chi connectivity index (χ4v) is 4.35. The van der Waals surface area contributed by atoms with Crippen LogP contribution in [0, 0.1) is 0 Å². The number of halogens is 1. The Morgan fingerprint density at radius 1 is 1.13 bits per heavy atom. The molecule has 4 rings (SSSR count). The molecule has 2 aliphatic rings. The number of nitrogens with one attached hydrogen (secondary N) is 1. The van der Waals surface area contributed by atoms with Crippen molar-refractivity contribution in [1.82, 2.24) is 4.90 Å². The van der Waals surface area contributed by atoms with Crippen LogP contribution < -0.4 is 19.7 Å². The summed E-state index contributed by atoms with van der Waals surface area (Å²) in [5, 5.41) is 3.08. The van der Waals surface area contributed by atoms with E-state index in [2.05, 4.69) is 5.32 Å². The van der Waals surface area contributed by atoms with Crippen LogP contribution in [0.2, 0.25) is 5.02 Å². The molecule has 1 fully saturated rings. The fourth-order valence-electron chi connectivity index (χ4n) is 4.11. The number of benzene rings is 2. The van der Waals surface area contributed by atoms with Crippen LogP contribution in [0.5, 0.6) is 11.5 Å². The van der Waals surface area contributed by atoms with Crippen molar-refractivity contribution < 1.29 is 23.9 Å². The van der Waals surface area contributed by atoms with E-state index in [0.29, 0.717) is 28.4 Å². The average molecular weight is 430 g/mol. The van der Waals surface area contributed by atoms with Gasteiger partial charge in [0.15, 0.2) is 0 Å². The van der Waals surface area contributed by atoms with Crippen LogP contribution >= 0.6 is 11.6 Å². The van der Waals surface area contributed by atoms with Crippen molar-refractivity contribution in [2.45, 2.75) is 18.5 Å². The number of rotatable bonds is 4. The number of hydrogen-bond acceptors (Lipinski definition) is 5. The molecule has 1 saturated heterocycles. The van der Waals surface area contributed by atoms with Crippen molar-refractivity contribution in [3.8, 4) is 11.5 Å². The molecule has 3 amide bonds. The lowest BCUT2D eigenvalue weighted by Crippen LogP contribution is -2.68. The second-order valence-corrected chi connectivity index (χ2v) is 7.48. The van der Waals surface area contributed by atoms with Crippen LogP contribution in [0.25, 0.3) is 0 Å². The number of nitrogens with zero attached hydrogens (tertiary/aromatic N) is 2. The molecule has 0 saturated carbocycles. The first-order chi connectivity index (χ1) is 14.3. The van der Waals surface area contributed by atoms with Crippen molar-refractivity contribution in [3.05, 3.63) is 47.0 Å². The zero-order valence-electron chi connectivity index (χ0n) is 16.7. The number of fused-ring (bicyclic) bond motifs is 3. The number of ether oxygens (including phenoxy) is 2. The summed E-state index contributed by atoms with van der Waals surface area (Å²) in [6.45, 7) is 0. The average Bonchev–Trinajstić information content (AvgIpc) is 3.11. The van der Waals surface area contributed by atoms with E-state index < -0.39 is 11.6 Å². The van der Waals surface area contributed by atoms with Crippen molar-refractivity contribution >= 4 is 40.7 Å². The van der Waals surface area contributed by atoms with Crippen LogP contribution in [0.1, 0.15) is 23.2 Å². The Morgan fingerprint density at radius 2 is 1.83 bits per heavy atom. The van der Waals surface area contributed by atoms with Crippen LogP contribution in [0.15, 0.2) is 36.4 Å². The summed E-state index contributed by atoms with van der Waals surface area (Å²) in [6.07, 6.45) is 0.306. The van der Waals surface area contributed by atoms with E-state index in [0.717, 1.165) is 0 Å². The number of methoxy groups -OCH3 is 2. The highest BCUT2D eigenvalue weighted by Gasteiger charge is 2.59. The second-order valence-electron chi connectivity index (χ2n) is 7.07. The van der Waals surface area contributed by atoms with E-state index in [4.69, 9.17) is 21.1 Å². The first-order valence-corrected chi connectivity index (χ1v) is 9.66. The normalized spacial score (nSPS) is 20.0. The molecule has 9 heteroatoms. The maximum Gasteiger partial charge on any atom is 0.271 e. The molecule has 0 unspecified atom stereocenters. The maximum absolute atomic E-state index is 13.6. The molecule has 2 heterocycles. The third-order valence-electron chi connectivity index (χ3n) is 5.63. The van der Waals surface area contributed by atoms with E-state index >= 15 is 0 Å². The predicted octanol–water partition coefficient (Wildman–Crippen LogP) is 2.90. The monoisotopic (exact) mass is 429 g/mol. The quantitative estimate of drug-likeness (QED) is 0.807. The van der Waals surface area contributed by atoms with Crippen LogP contribution in [0.3, 0.4) is 0 Å². The Labute approximate surface area is 178 Å². The van der Waals surface area contributed by atoms with Gasteiger partial charge in [0.2, 0.25) is 11.6 Å². The lowest BCUT2D eigenvalue weighted by atomic mass is 9.96. The number of carbonyl (C=O) groups excluding carboxylic acids is 3. The Balaban J connectivity index is 1.80. The highest BCUT2D eigenvalue weighted by molar-refractivity contribution is 6.32. The van der Waals surface area contributed by atoms with E-state index in [-0.39, 0.29) is 29.7 Å². The highest BCUT2D eigenvalue weighted by atomic mass is 35.5. The minimum atomic E-state index is -1.49. The summed E-state index contributed by atoms with van der Waals surface area (Å²) in [5.74, 6) is -0.357. The van der Waals surface area contributed by atoms with Gasteiger partial charge in [0.25, 0.3) is 11.8 Å². The first kappa shape index (κ1) is 20.0. The summed E-state index contributed by atoms with van der Waals surface area (Å²) in [5.41, 5.74) is -0.372.